The number of rotatable bonds is 7. The van der Waals surface area contributed by atoms with Crippen molar-refractivity contribution >= 4 is 23.1 Å². The first-order chi connectivity index (χ1) is 13.6. The summed E-state index contributed by atoms with van der Waals surface area (Å²) in [5.74, 6) is 1.36. The van der Waals surface area contributed by atoms with E-state index in [1.807, 2.05) is 19.2 Å². The van der Waals surface area contributed by atoms with Gasteiger partial charge in [-0.2, -0.15) is 0 Å². The van der Waals surface area contributed by atoms with Gasteiger partial charge in [0.1, 0.15) is 17.8 Å². The normalized spacial score (nSPS) is 14.8. The number of nitrogens with one attached hydrogen (secondary N) is 1. The summed E-state index contributed by atoms with van der Waals surface area (Å²) in [6, 6.07) is 9.82. The maximum Gasteiger partial charge on any atom is 0.274 e. The average Bonchev–Trinajstić information content (AvgIpc) is 2.73. The van der Waals surface area contributed by atoms with Crippen LogP contribution in [0.15, 0.2) is 36.7 Å². The molecule has 1 aliphatic rings. The molecule has 0 bridgehead atoms. The first-order valence-electron chi connectivity index (χ1n) is 10.3. The lowest BCUT2D eigenvalue weighted by Crippen LogP contribution is -2.32. The Bertz CT molecular complexity index is 769. The highest BCUT2D eigenvalue weighted by Gasteiger charge is 2.16. The number of hydrogen-bond acceptors (Lipinski definition) is 5. The van der Waals surface area contributed by atoms with Gasteiger partial charge in [-0.3, -0.25) is 4.79 Å². The van der Waals surface area contributed by atoms with Crippen molar-refractivity contribution in [2.45, 2.75) is 39.5 Å². The van der Waals surface area contributed by atoms with E-state index in [9.17, 15) is 4.79 Å². The van der Waals surface area contributed by atoms with Crippen LogP contribution >= 0.6 is 0 Å². The number of nitrogens with zero attached hydrogens (tertiary/aromatic N) is 4. The number of anilines is 3. The number of amides is 1. The Morgan fingerprint density at radius 1 is 1.21 bits per heavy atom. The summed E-state index contributed by atoms with van der Waals surface area (Å²) in [6.45, 7) is 7.58. The third-order valence-electron chi connectivity index (χ3n) is 5.40. The number of aromatic nitrogens is 2. The van der Waals surface area contributed by atoms with E-state index in [-0.39, 0.29) is 5.91 Å². The molecule has 1 aliphatic heterocycles. The number of piperidine rings is 1. The van der Waals surface area contributed by atoms with Crippen LogP contribution in [0.2, 0.25) is 0 Å². The van der Waals surface area contributed by atoms with Gasteiger partial charge in [-0.1, -0.05) is 20.3 Å². The highest BCUT2D eigenvalue weighted by molar-refractivity contribution is 6.03. The molecule has 1 aromatic carbocycles. The average molecular weight is 382 g/mol. The molecule has 150 valence electrons. The first kappa shape index (κ1) is 20.1. The molecule has 2 aromatic rings. The second kappa shape index (κ2) is 9.53. The first-order valence-corrected chi connectivity index (χ1v) is 10.3. The number of unbranched alkanes of at least 4 members (excludes halogenated alkanes) is 1. The molecule has 1 fully saturated rings. The molecule has 1 N–H and O–H groups in total. The zero-order chi connectivity index (χ0) is 19.9. The summed E-state index contributed by atoms with van der Waals surface area (Å²) in [5.41, 5.74) is 2.37. The molecule has 1 saturated heterocycles. The van der Waals surface area contributed by atoms with Crippen LogP contribution in [-0.4, -0.2) is 42.6 Å². The van der Waals surface area contributed by atoms with Gasteiger partial charge < -0.3 is 15.1 Å². The van der Waals surface area contributed by atoms with Gasteiger partial charge in [0.2, 0.25) is 0 Å². The van der Waals surface area contributed by atoms with E-state index < -0.39 is 0 Å². The molecule has 0 saturated carbocycles. The van der Waals surface area contributed by atoms with Crippen LogP contribution in [0.5, 0.6) is 0 Å². The van der Waals surface area contributed by atoms with Crippen molar-refractivity contribution in [1.82, 2.24) is 9.97 Å². The van der Waals surface area contributed by atoms with E-state index in [4.69, 9.17) is 0 Å². The largest absolute Gasteiger partial charge is 0.372 e. The van der Waals surface area contributed by atoms with E-state index in [1.54, 1.807) is 6.07 Å². The van der Waals surface area contributed by atoms with Gasteiger partial charge in [-0.05, 0) is 49.4 Å². The molecule has 0 unspecified atom stereocenters. The monoisotopic (exact) mass is 381 g/mol. The molecule has 1 aromatic heterocycles. The van der Waals surface area contributed by atoms with Crippen molar-refractivity contribution in [3.05, 3.63) is 42.4 Å². The molecule has 2 heterocycles. The SMILES string of the molecule is CCCCN(C)c1cc(C(=O)Nc2ccc(N3CCC(C)CC3)cc2)ncn1. The van der Waals surface area contributed by atoms with E-state index in [0.717, 1.165) is 49.9 Å². The topological polar surface area (TPSA) is 61.4 Å². The number of benzene rings is 1. The molecule has 3 rings (SSSR count). The van der Waals surface area contributed by atoms with E-state index in [1.165, 1.54) is 24.9 Å². The van der Waals surface area contributed by atoms with Crippen molar-refractivity contribution in [1.29, 1.82) is 0 Å². The minimum absolute atomic E-state index is 0.216. The van der Waals surface area contributed by atoms with Crippen molar-refractivity contribution in [3.63, 3.8) is 0 Å². The molecule has 6 heteroatoms. The fourth-order valence-electron chi connectivity index (χ4n) is 3.41. The van der Waals surface area contributed by atoms with Crippen molar-refractivity contribution in [2.24, 2.45) is 5.92 Å². The molecule has 1 amide bonds. The van der Waals surface area contributed by atoms with Gasteiger partial charge in [0.25, 0.3) is 5.91 Å². The van der Waals surface area contributed by atoms with E-state index in [0.29, 0.717) is 5.69 Å². The lowest BCUT2D eigenvalue weighted by atomic mass is 9.99. The van der Waals surface area contributed by atoms with Gasteiger partial charge in [0.05, 0.1) is 0 Å². The van der Waals surface area contributed by atoms with Crippen LogP contribution in [0, 0.1) is 5.92 Å². The smallest absolute Gasteiger partial charge is 0.274 e. The molecule has 0 aliphatic carbocycles. The van der Waals surface area contributed by atoms with Gasteiger partial charge in [0, 0.05) is 44.1 Å². The predicted octanol–water partition coefficient (Wildman–Crippen LogP) is 4.20. The van der Waals surface area contributed by atoms with Gasteiger partial charge in [-0.25, -0.2) is 9.97 Å². The number of carbonyl (C=O) groups excluding carboxylic acids is 1. The number of hydrogen-bond donors (Lipinski definition) is 1. The minimum atomic E-state index is -0.216. The highest BCUT2D eigenvalue weighted by Crippen LogP contribution is 2.24. The standard InChI is InChI=1S/C22H31N5O/c1-4-5-12-26(3)21-15-20(23-16-24-21)22(28)25-18-6-8-19(9-7-18)27-13-10-17(2)11-14-27/h6-9,15-17H,4-5,10-14H2,1-3H3,(H,25,28). The summed E-state index contributed by atoms with van der Waals surface area (Å²) < 4.78 is 0. The van der Waals surface area contributed by atoms with Gasteiger partial charge in [0.15, 0.2) is 0 Å². The lowest BCUT2D eigenvalue weighted by molar-refractivity contribution is 0.102. The lowest BCUT2D eigenvalue weighted by Gasteiger charge is -2.32. The second-order valence-corrected chi connectivity index (χ2v) is 7.71. The van der Waals surface area contributed by atoms with Crippen molar-refractivity contribution in [3.8, 4) is 0 Å². The maximum atomic E-state index is 12.6. The highest BCUT2D eigenvalue weighted by atomic mass is 16.1. The predicted molar refractivity (Wildman–Crippen MR) is 115 cm³/mol. The molecule has 6 nitrogen and oxygen atoms in total. The quantitative estimate of drug-likeness (QED) is 0.779. The zero-order valence-electron chi connectivity index (χ0n) is 17.2. The van der Waals surface area contributed by atoms with Crippen molar-refractivity contribution < 1.29 is 4.79 Å². The van der Waals surface area contributed by atoms with Crippen LogP contribution in [0.4, 0.5) is 17.2 Å². The molecular weight excluding hydrogens is 350 g/mol. The summed E-state index contributed by atoms with van der Waals surface area (Å²) >= 11 is 0. The van der Waals surface area contributed by atoms with Crippen LogP contribution in [0.25, 0.3) is 0 Å². The van der Waals surface area contributed by atoms with Crippen LogP contribution in [-0.2, 0) is 0 Å². The molecule has 0 atom stereocenters. The van der Waals surface area contributed by atoms with Crippen LogP contribution in [0.3, 0.4) is 0 Å². The second-order valence-electron chi connectivity index (χ2n) is 7.71. The van der Waals surface area contributed by atoms with Gasteiger partial charge >= 0.3 is 0 Å². The Kier molecular flexibility index (Phi) is 6.85. The van der Waals surface area contributed by atoms with E-state index in [2.05, 4.69) is 51.1 Å². The molecule has 28 heavy (non-hydrogen) atoms. The Balaban J connectivity index is 1.61. The zero-order valence-corrected chi connectivity index (χ0v) is 17.2. The fraction of sp³-hybridized carbons (Fsp3) is 0.500. The third kappa shape index (κ3) is 5.21. The number of carbonyl (C=O) groups is 1. The Morgan fingerprint density at radius 2 is 1.93 bits per heavy atom. The minimum Gasteiger partial charge on any atom is -0.372 e. The van der Waals surface area contributed by atoms with Crippen LogP contribution < -0.4 is 15.1 Å². The summed E-state index contributed by atoms with van der Waals surface area (Å²) in [6.07, 6.45) is 6.13. The Morgan fingerprint density at radius 3 is 2.61 bits per heavy atom. The van der Waals surface area contributed by atoms with E-state index >= 15 is 0 Å². The van der Waals surface area contributed by atoms with Gasteiger partial charge in [-0.15, -0.1) is 0 Å². The summed E-state index contributed by atoms with van der Waals surface area (Å²) in [4.78, 5) is 25.5. The third-order valence-corrected chi connectivity index (χ3v) is 5.40. The van der Waals surface area contributed by atoms with Crippen molar-refractivity contribution in [2.75, 3.05) is 41.8 Å². The Hall–Kier alpha value is -2.63. The summed E-state index contributed by atoms with van der Waals surface area (Å²) in [5, 5.41) is 2.94. The Labute approximate surface area is 168 Å². The maximum absolute atomic E-state index is 12.6. The fourth-order valence-corrected chi connectivity index (χ4v) is 3.41. The van der Waals surface area contributed by atoms with Crippen LogP contribution in [0.1, 0.15) is 50.0 Å². The molecular formula is C22H31N5O. The molecule has 0 radical (unpaired) electrons. The molecule has 0 spiro atoms. The summed E-state index contributed by atoms with van der Waals surface area (Å²) in [7, 11) is 1.99.